The van der Waals surface area contributed by atoms with Crippen LogP contribution >= 0.6 is 0 Å². The number of anilines is 1. The first kappa shape index (κ1) is 23.9. The Hall–Kier alpha value is -4.78. The summed E-state index contributed by atoms with van der Waals surface area (Å²) in [4.78, 5) is 44.9. The van der Waals surface area contributed by atoms with Gasteiger partial charge in [-0.15, -0.1) is 0 Å². The van der Waals surface area contributed by atoms with Crippen molar-refractivity contribution >= 4 is 29.5 Å². The quantitative estimate of drug-likeness (QED) is 0.388. The Morgan fingerprint density at radius 1 is 0.838 bits per heavy atom. The number of ketones is 1. The average Bonchev–Trinajstić information content (AvgIpc) is 3.18. The van der Waals surface area contributed by atoms with Gasteiger partial charge in [-0.05, 0) is 35.4 Å². The van der Waals surface area contributed by atoms with Crippen LogP contribution in [0.1, 0.15) is 34.8 Å². The molecule has 0 radical (unpaired) electrons. The zero-order valence-electron chi connectivity index (χ0n) is 20.5. The number of Topliss-reactive ketones (excluding diaryl/α,β-unsaturated/α-hetero) is 1. The van der Waals surface area contributed by atoms with Crippen LogP contribution in [0.5, 0.6) is 5.88 Å². The van der Waals surface area contributed by atoms with E-state index in [1.807, 2.05) is 73.7 Å². The molecule has 5 rings (SSSR count). The molecule has 0 fully saturated rings. The van der Waals surface area contributed by atoms with Crippen molar-refractivity contribution in [2.45, 2.75) is 19.6 Å². The monoisotopic (exact) mass is 491 g/mol. The van der Waals surface area contributed by atoms with Crippen LogP contribution in [0.15, 0.2) is 89.7 Å². The lowest BCUT2D eigenvalue weighted by molar-refractivity contribution is -0.115. The fourth-order valence-corrected chi connectivity index (χ4v) is 4.34. The Kier molecular flexibility index (Phi) is 6.51. The van der Waals surface area contributed by atoms with E-state index < -0.39 is 17.9 Å². The molecule has 3 aromatic carbocycles. The molecule has 37 heavy (non-hydrogen) atoms. The van der Waals surface area contributed by atoms with Crippen LogP contribution in [0, 0.1) is 0 Å². The number of amides is 1. The predicted octanol–water partition coefficient (Wildman–Crippen LogP) is 2.78. The van der Waals surface area contributed by atoms with Crippen LogP contribution in [0.25, 0.3) is 12.2 Å². The Morgan fingerprint density at radius 3 is 2.08 bits per heavy atom. The number of ether oxygens (including phenoxy) is 1. The molecule has 4 aromatic rings. The lowest BCUT2D eigenvalue weighted by atomic mass is 10.1. The molecule has 1 aliphatic rings. The summed E-state index contributed by atoms with van der Waals surface area (Å²) in [5.74, 6) is -1.03. The van der Waals surface area contributed by atoms with E-state index in [0.717, 1.165) is 11.1 Å². The van der Waals surface area contributed by atoms with Crippen molar-refractivity contribution in [1.82, 2.24) is 9.55 Å². The average molecular weight is 492 g/mol. The lowest BCUT2D eigenvalue weighted by Gasteiger charge is -2.27. The number of para-hydroxylation sites is 1. The first-order chi connectivity index (χ1) is 18.0. The van der Waals surface area contributed by atoms with Crippen molar-refractivity contribution in [3.05, 3.63) is 123 Å². The second kappa shape index (κ2) is 10.1. The highest BCUT2D eigenvalue weighted by atomic mass is 16.5. The minimum absolute atomic E-state index is 0.185. The van der Waals surface area contributed by atoms with Gasteiger partial charge >= 0.3 is 5.91 Å². The molecule has 0 spiro atoms. The van der Waals surface area contributed by atoms with Crippen LogP contribution < -0.4 is 25.9 Å². The van der Waals surface area contributed by atoms with E-state index in [1.165, 1.54) is 9.47 Å². The van der Waals surface area contributed by atoms with E-state index in [-0.39, 0.29) is 16.8 Å². The molecular formula is C30H25N3O4. The molecular weight excluding hydrogens is 466 g/mol. The highest BCUT2D eigenvalue weighted by molar-refractivity contribution is 6.52. The summed E-state index contributed by atoms with van der Waals surface area (Å²) in [5.41, 5.74) is 2.23. The smallest absolute Gasteiger partial charge is 0.302 e. The topological polar surface area (TPSA) is 81.5 Å². The molecule has 2 heterocycles. The number of rotatable bonds is 6. The molecule has 0 saturated heterocycles. The van der Waals surface area contributed by atoms with Gasteiger partial charge in [0.2, 0.25) is 5.88 Å². The highest BCUT2D eigenvalue weighted by Gasteiger charge is 2.40. The van der Waals surface area contributed by atoms with Gasteiger partial charge in [-0.1, -0.05) is 79.7 Å². The van der Waals surface area contributed by atoms with Gasteiger partial charge in [-0.25, -0.2) is 4.98 Å². The third-order valence-electron chi connectivity index (χ3n) is 6.24. The van der Waals surface area contributed by atoms with Gasteiger partial charge in [0.05, 0.1) is 11.3 Å². The second-order valence-electron chi connectivity index (χ2n) is 8.66. The first-order valence-corrected chi connectivity index (χ1v) is 12.0. The SMILES string of the molecule is CCC(Oc1n/c(=C\c2ccccc2)c(=O)n(C)/c1=C\c1ccccc1)N1C(=O)C(=O)c2ccccc21. The molecule has 0 saturated carbocycles. The number of carbonyl (C=O) groups excluding carboxylic acids is 2. The fraction of sp³-hybridized carbons (Fsp3) is 0.133. The van der Waals surface area contributed by atoms with E-state index in [0.29, 0.717) is 23.0 Å². The highest BCUT2D eigenvalue weighted by Crippen LogP contribution is 2.31. The molecule has 1 atom stereocenters. The van der Waals surface area contributed by atoms with Gasteiger partial charge in [0.25, 0.3) is 11.3 Å². The molecule has 1 aromatic heterocycles. The van der Waals surface area contributed by atoms with E-state index in [9.17, 15) is 14.4 Å². The summed E-state index contributed by atoms with van der Waals surface area (Å²) in [6, 6.07) is 25.8. The van der Waals surface area contributed by atoms with Crippen LogP contribution in [0.2, 0.25) is 0 Å². The van der Waals surface area contributed by atoms with Gasteiger partial charge in [0.1, 0.15) is 10.7 Å². The minimum Gasteiger partial charge on any atom is -0.452 e. The molecule has 0 aliphatic carbocycles. The van der Waals surface area contributed by atoms with Crippen LogP contribution in [-0.4, -0.2) is 27.5 Å². The third-order valence-corrected chi connectivity index (χ3v) is 6.24. The summed E-state index contributed by atoms with van der Waals surface area (Å²) in [5, 5.41) is 0.652. The number of aromatic nitrogens is 2. The zero-order chi connectivity index (χ0) is 25.9. The molecule has 1 amide bonds. The number of nitrogens with zero attached hydrogens (tertiary/aromatic N) is 3. The second-order valence-corrected chi connectivity index (χ2v) is 8.66. The molecule has 0 N–H and O–H groups in total. The van der Waals surface area contributed by atoms with Gasteiger partial charge < -0.3 is 9.30 Å². The summed E-state index contributed by atoms with van der Waals surface area (Å²) in [6.07, 6.45) is 3.09. The Bertz CT molecular complexity index is 1660. The van der Waals surface area contributed by atoms with Gasteiger partial charge in [0, 0.05) is 13.5 Å². The van der Waals surface area contributed by atoms with Crippen LogP contribution in [0.3, 0.4) is 0 Å². The summed E-state index contributed by atoms with van der Waals surface area (Å²) in [6.45, 7) is 1.86. The van der Waals surface area contributed by atoms with Crippen molar-refractivity contribution in [2.24, 2.45) is 7.05 Å². The maximum atomic E-state index is 13.3. The number of fused-ring (bicyclic) bond motifs is 1. The van der Waals surface area contributed by atoms with Gasteiger partial charge in [-0.2, -0.15) is 0 Å². The maximum Gasteiger partial charge on any atom is 0.302 e. The van der Waals surface area contributed by atoms with E-state index in [1.54, 1.807) is 37.4 Å². The number of hydrogen-bond acceptors (Lipinski definition) is 5. The Balaban J connectivity index is 1.68. The van der Waals surface area contributed by atoms with Crippen molar-refractivity contribution in [2.75, 3.05) is 4.90 Å². The van der Waals surface area contributed by atoms with Crippen LogP contribution in [-0.2, 0) is 11.8 Å². The number of carbonyl (C=O) groups is 2. The number of benzene rings is 3. The van der Waals surface area contributed by atoms with Crippen LogP contribution in [0.4, 0.5) is 5.69 Å². The molecule has 1 aliphatic heterocycles. The maximum absolute atomic E-state index is 13.3. The standard InChI is InChI=1S/C30H25N3O4/c1-3-26(33-24-17-11-10-16-22(24)27(34)30(33)36)37-28-25(19-21-14-8-5-9-15-21)32(2)29(35)23(31-28)18-20-12-6-4-7-13-20/h4-19,26H,3H2,1-2H3/b23-18-,25-19-. The van der Waals surface area contributed by atoms with Crippen molar-refractivity contribution in [3.63, 3.8) is 0 Å². The predicted molar refractivity (Wildman–Crippen MR) is 142 cm³/mol. The Morgan fingerprint density at radius 2 is 1.43 bits per heavy atom. The molecule has 1 unspecified atom stereocenters. The summed E-state index contributed by atoms with van der Waals surface area (Å²) < 4.78 is 7.86. The minimum atomic E-state index is -0.808. The van der Waals surface area contributed by atoms with Crippen molar-refractivity contribution < 1.29 is 14.3 Å². The van der Waals surface area contributed by atoms with E-state index in [4.69, 9.17) is 4.74 Å². The molecule has 7 nitrogen and oxygen atoms in total. The van der Waals surface area contributed by atoms with Gasteiger partial charge in [-0.3, -0.25) is 19.3 Å². The largest absolute Gasteiger partial charge is 0.452 e. The molecule has 0 bridgehead atoms. The van der Waals surface area contributed by atoms with Crippen molar-refractivity contribution in [1.29, 1.82) is 0 Å². The molecule has 7 heteroatoms. The normalized spacial score (nSPS) is 14.7. The third kappa shape index (κ3) is 4.59. The number of hydrogen-bond donors (Lipinski definition) is 0. The summed E-state index contributed by atoms with van der Waals surface area (Å²) in [7, 11) is 1.66. The van der Waals surface area contributed by atoms with E-state index in [2.05, 4.69) is 4.98 Å². The Labute approximate surface area is 213 Å². The summed E-state index contributed by atoms with van der Waals surface area (Å²) >= 11 is 0. The molecule has 184 valence electrons. The van der Waals surface area contributed by atoms with Crippen molar-refractivity contribution in [3.8, 4) is 5.88 Å². The van der Waals surface area contributed by atoms with E-state index >= 15 is 0 Å². The van der Waals surface area contributed by atoms with Gasteiger partial charge in [0.15, 0.2) is 6.23 Å². The first-order valence-electron chi connectivity index (χ1n) is 12.0. The fourth-order valence-electron chi connectivity index (χ4n) is 4.34. The lowest BCUT2D eigenvalue weighted by Crippen LogP contribution is -2.48. The zero-order valence-corrected chi connectivity index (χ0v) is 20.5.